The number of nitrogens with zero attached hydrogens (tertiary/aromatic N) is 3. The summed E-state index contributed by atoms with van der Waals surface area (Å²) in [5.41, 5.74) is 3.11. The maximum absolute atomic E-state index is 12.5. The Balaban J connectivity index is 1.31. The molecule has 2 aromatic carbocycles. The minimum absolute atomic E-state index is 0.0713. The van der Waals surface area contributed by atoms with E-state index in [0.29, 0.717) is 17.8 Å². The van der Waals surface area contributed by atoms with Crippen LogP contribution in [0.1, 0.15) is 16.8 Å². The lowest BCUT2D eigenvalue weighted by Gasteiger charge is -2.21. The van der Waals surface area contributed by atoms with Gasteiger partial charge in [-0.25, -0.2) is 9.78 Å². The number of para-hydroxylation sites is 2. The summed E-state index contributed by atoms with van der Waals surface area (Å²) in [7, 11) is 1.34. The molecule has 1 aliphatic heterocycles. The Bertz CT molecular complexity index is 998. The van der Waals surface area contributed by atoms with E-state index in [1.165, 1.54) is 7.11 Å². The minimum Gasteiger partial charge on any atom is -0.465 e. The van der Waals surface area contributed by atoms with E-state index in [4.69, 9.17) is 0 Å². The van der Waals surface area contributed by atoms with Gasteiger partial charge in [0.05, 0.1) is 30.3 Å². The quantitative estimate of drug-likeness (QED) is 0.632. The molecule has 0 unspecified atom stereocenters. The number of rotatable bonds is 5. The van der Waals surface area contributed by atoms with Crippen molar-refractivity contribution in [3.8, 4) is 0 Å². The Labute approximate surface area is 174 Å². The molecule has 8 heteroatoms. The van der Waals surface area contributed by atoms with Gasteiger partial charge in [0.2, 0.25) is 11.9 Å². The number of hydrogen-bond acceptors (Lipinski definition) is 6. The summed E-state index contributed by atoms with van der Waals surface area (Å²) >= 11 is 0. The first kappa shape index (κ1) is 19.9. The minimum atomic E-state index is -0.397. The number of imidazole rings is 1. The van der Waals surface area contributed by atoms with Gasteiger partial charge in [0.1, 0.15) is 0 Å². The van der Waals surface area contributed by atoms with E-state index in [0.717, 1.165) is 49.6 Å². The van der Waals surface area contributed by atoms with E-state index in [2.05, 4.69) is 29.8 Å². The average Bonchev–Trinajstić information content (AvgIpc) is 3.06. The topological polar surface area (TPSA) is 90.6 Å². The third-order valence-electron chi connectivity index (χ3n) is 5.22. The Morgan fingerprint density at radius 3 is 2.63 bits per heavy atom. The van der Waals surface area contributed by atoms with Crippen molar-refractivity contribution in [1.82, 2.24) is 14.9 Å². The van der Waals surface area contributed by atoms with Crippen LogP contribution < -0.4 is 10.2 Å². The molecule has 1 aromatic heterocycles. The molecular weight excluding hydrogens is 382 g/mol. The number of carbonyl (C=O) groups is 2. The first-order valence-corrected chi connectivity index (χ1v) is 10.0. The number of hydrogen-bond donors (Lipinski definition) is 2. The number of nitrogens with one attached hydrogen (secondary N) is 2. The molecule has 1 fully saturated rings. The van der Waals surface area contributed by atoms with Gasteiger partial charge in [0.25, 0.3) is 0 Å². The Morgan fingerprint density at radius 2 is 1.87 bits per heavy atom. The molecule has 0 bridgehead atoms. The number of aromatic nitrogens is 2. The fourth-order valence-corrected chi connectivity index (χ4v) is 3.64. The monoisotopic (exact) mass is 407 g/mol. The van der Waals surface area contributed by atoms with E-state index in [-0.39, 0.29) is 5.91 Å². The van der Waals surface area contributed by atoms with E-state index in [1.807, 2.05) is 24.3 Å². The fourth-order valence-electron chi connectivity index (χ4n) is 3.64. The van der Waals surface area contributed by atoms with Crippen LogP contribution in [0.15, 0.2) is 48.5 Å². The van der Waals surface area contributed by atoms with Crippen molar-refractivity contribution in [2.45, 2.75) is 6.42 Å². The molecule has 4 rings (SSSR count). The van der Waals surface area contributed by atoms with Gasteiger partial charge >= 0.3 is 5.97 Å². The van der Waals surface area contributed by atoms with Crippen LogP contribution in [-0.2, 0) is 9.53 Å². The molecule has 8 nitrogen and oxygen atoms in total. The second kappa shape index (κ2) is 8.96. The summed E-state index contributed by atoms with van der Waals surface area (Å²) < 4.78 is 4.68. The molecule has 0 atom stereocenters. The summed E-state index contributed by atoms with van der Waals surface area (Å²) in [6, 6.07) is 14.7. The number of fused-ring (bicyclic) bond motifs is 1. The van der Waals surface area contributed by atoms with Gasteiger partial charge in [0, 0.05) is 31.9 Å². The summed E-state index contributed by atoms with van der Waals surface area (Å²) in [5.74, 6) is 0.414. The van der Waals surface area contributed by atoms with Crippen molar-refractivity contribution in [2.75, 3.05) is 50.1 Å². The van der Waals surface area contributed by atoms with Crippen molar-refractivity contribution in [2.24, 2.45) is 0 Å². The third-order valence-corrected chi connectivity index (χ3v) is 5.22. The molecule has 0 aliphatic carbocycles. The van der Waals surface area contributed by atoms with E-state index in [1.54, 1.807) is 24.3 Å². The molecule has 1 aliphatic rings. The number of esters is 1. The number of H-pyrrole nitrogens is 1. The smallest absolute Gasteiger partial charge is 0.337 e. The Morgan fingerprint density at radius 1 is 1.07 bits per heavy atom. The van der Waals surface area contributed by atoms with Gasteiger partial charge in [-0.2, -0.15) is 0 Å². The molecule has 2 N–H and O–H groups in total. The van der Waals surface area contributed by atoms with Crippen LogP contribution in [-0.4, -0.2) is 66.6 Å². The van der Waals surface area contributed by atoms with E-state index in [9.17, 15) is 9.59 Å². The lowest BCUT2D eigenvalue weighted by Crippen LogP contribution is -2.36. The number of carbonyl (C=O) groups excluding carboxylic acids is 2. The first-order valence-electron chi connectivity index (χ1n) is 10.0. The van der Waals surface area contributed by atoms with Crippen LogP contribution in [0.2, 0.25) is 0 Å². The number of benzene rings is 2. The molecule has 1 amide bonds. The van der Waals surface area contributed by atoms with E-state index < -0.39 is 5.97 Å². The van der Waals surface area contributed by atoms with Crippen molar-refractivity contribution < 1.29 is 14.3 Å². The number of ether oxygens (including phenoxy) is 1. The average molecular weight is 407 g/mol. The highest BCUT2D eigenvalue weighted by molar-refractivity contribution is 5.94. The van der Waals surface area contributed by atoms with Crippen LogP contribution in [0.5, 0.6) is 0 Å². The highest BCUT2D eigenvalue weighted by Crippen LogP contribution is 2.18. The number of anilines is 2. The van der Waals surface area contributed by atoms with Crippen molar-refractivity contribution >= 4 is 34.5 Å². The van der Waals surface area contributed by atoms with Crippen molar-refractivity contribution in [3.63, 3.8) is 0 Å². The maximum atomic E-state index is 12.5. The predicted molar refractivity (Wildman–Crippen MR) is 116 cm³/mol. The van der Waals surface area contributed by atoms with Gasteiger partial charge in [-0.15, -0.1) is 0 Å². The predicted octanol–water partition coefficient (Wildman–Crippen LogP) is 2.50. The van der Waals surface area contributed by atoms with Gasteiger partial charge in [-0.05, 0) is 42.8 Å². The lowest BCUT2D eigenvalue weighted by atomic mass is 10.2. The van der Waals surface area contributed by atoms with Crippen LogP contribution in [0.25, 0.3) is 11.0 Å². The maximum Gasteiger partial charge on any atom is 0.337 e. The summed E-state index contributed by atoms with van der Waals surface area (Å²) in [6.45, 7) is 3.66. The zero-order valence-corrected chi connectivity index (χ0v) is 16.9. The second-order valence-electron chi connectivity index (χ2n) is 7.31. The Hall–Kier alpha value is -3.39. The van der Waals surface area contributed by atoms with Crippen LogP contribution in [0, 0.1) is 0 Å². The standard InChI is InChI=1S/C22H25N5O3/c1-30-21(29)16-7-9-17(10-8-16)23-20(28)15-26-11-4-12-27(14-13-26)22-24-18-5-2-3-6-19(18)25-22/h2-3,5-10H,4,11-15H2,1H3,(H,23,28)(H,24,25). The summed E-state index contributed by atoms with van der Waals surface area (Å²) in [4.78, 5) is 36.4. The summed E-state index contributed by atoms with van der Waals surface area (Å²) in [5, 5.41) is 2.89. The Kier molecular flexibility index (Phi) is 5.94. The largest absolute Gasteiger partial charge is 0.465 e. The molecule has 3 aromatic rings. The zero-order chi connectivity index (χ0) is 20.9. The lowest BCUT2D eigenvalue weighted by molar-refractivity contribution is -0.117. The van der Waals surface area contributed by atoms with Gasteiger partial charge < -0.3 is 19.9 Å². The molecule has 0 radical (unpaired) electrons. The molecular formula is C22H25N5O3. The van der Waals surface area contributed by atoms with Crippen LogP contribution in [0.4, 0.5) is 11.6 Å². The normalized spacial score (nSPS) is 15.0. The van der Waals surface area contributed by atoms with Gasteiger partial charge in [-0.3, -0.25) is 9.69 Å². The van der Waals surface area contributed by atoms with Crippen LogP contribution >= 0.6 is 0 Å². The molecule has 2 heterocycles. The molecule has 0 saturated carbocycles. The molecule has 156 valence electrons. The van der Waals surface area contributed by atoms with Crippen LogP contribution in [0.3, 0.4) is 0 Å². The molecule has 0 spiro atoms. The fraction of sp³-hybridized carbons (Fsp3) is 0.318. The van der Waals surface area contributed by atoms with E-state index >= 15 is 0 Å². The van der Waals surface area contributed by atoms with Gasteiger partial charge in [-0.1, -0.05) is 12.1 Å². The van der Waals surface area contributed by atoms with Crippen molar-refractivity contribution in [1.29, 1.82) is 0 Å². The summed E-state index contributed by atoms with van der Waals surface area (Å²) in [6.07, 6.45) is 0.956. The highest BCUT2D eigenvalue weighted by Gasteiger charge is 2.19. The number of amides is 1. The molecule has 1 saturated heterocycles. The molecule has 30 heavy (non-hydrogen) atoms. The first-order chi connectivity index (χ1) is 14.6. The zero-order valence-electron chi connectivity index (χ0n) is 16.9. The highest BCUT2D eigenvalue weighted by atomic mass is 16.5. The SMILES string of the molecule is COC(=O)c1ccc(NC(=O)CN2CCCN(c3nc4ccccc4[nH]3)CC2)cc1. The second-order valence-corrected chi connectivity index (χ2v) is 7.31. The third kappa shape index (κ3) is 4.60. The van der Waals surface area contributed by atoms with Gasteiger partial charge in [0.15, 0.2) is 0 Å². The number of methoxy groups -OCH3 is 1. The van der Waals surface area contributed by atoms with Crippen molar-refractivity contribution in [3.05, 3.63) is 54.1 Å². The number of aromatic amines is 1.